The lowest BCUT2D eigenvalue weighted by atomic mass is 9.92. The minimum absolute atomic E-state index is 0.907. The van der Waals surface area contributed by atoms with Crippen LogP contribution in [0.1, 0.15) is 5.56 Å². The van der Waals surface area contributed by atoms with Gasteiger partial charge in [-0.05, 0) is 94.2 Å². The average Bonchev–Trinajstić information content (AvgIpc) is 3.40. The van der Waals surface area contributed by atoms with Crippen molar-refractivity contribution >= 4 is 32.6 Å². The second-order valence-electron chi connectivity index (χ2n) is 11.4. The van der Waals surface area contributed by atoms with Crippen molar-refractivity contribution in [3.63, 3.8) is 0 Å². The maximum Gasteiger partial charge on any atom is 0.135 e. The topological polar surface area (TPSA) is 14.2 Å². The first-order valence-electron chi connectivity index (χ1n) is 14.8. The summed E-state index contributed by atoms with van der Waals surface area (Å²) in [4.78, 5) is 0. The quantitative estimate of drug-likeness (QED) is 0.214. The van der Waals surface area contributed by atoms with Gasteiger partial charge in [0.1, 0.15) is 11.5 Å². The largest absolute Gasteiger partial charge is 0.456 e. The lowest BCUT2D eigenvalue weighted by molar-refractivity contribution is 0.487. The molecule has 9 rings (SSSR count). The number of para-hydroxylation sites is 1. The third-order valence-corrected chi connectivity index (χ3v) is 8.92. The molecule has 2 nitrogen and oxygen atoms in total. The number of aryl methyl sites for hydroxylation is 1. The molecule has 2 heterocycles. The van der Waals surface area contributed by atoms with Crippen LogP contribution in [0.2, 0.25) is 0 Å². The van der Waals surface area contributed by atoms with E-state index in [4.69, 9.17) is 4.74 Å². The molecule has 0 fully saturated rings. The van der Waals surface area contributed by atoms with Gasteiger partial charge in [-0.1, -0.05) is 97.1 Å². The fourth-order valence-corrected chi connectivity index (χ4v) is 6.88. The zero-order valence-corrected chi connectivity index (χ0v) is 23.7. The molecule has 1 aromatic heterocycles. The number of ether oxygens (including phenoxy) is 1. The SMILES string of the molecule is Cc1cccc2c1c1cc(-c3ccc(-c4ccc5c(c4)-c4cccc6cccc(c46)O5)cc3)ccc1n2-c1ccccc1. The van der Waals surface area contributed by atoms with Gasteiger partial charge in [0, 0.05) is 27.4 Å². The minimum Gasteiger partial charge on any atom is -0.456 e. The van der Waals surface area contributed by atoms with Crippen LogP contribution in [0, 0.1) is 6.92 Å². The number of aromatic nitrogens is 1. The third-order valence-electron chi connectivity index (χ3n) is 8.92. The van der Waals surface area contributed by atoms with Gasteiger partial charge >= 0.3 is 0 Å². The van der Waals surface area contributed by atoms with Crippen LogP contribution in [-0.2, 0) is 0 Å². The van der Waals surface area contributed by atoms with Crippen LogP contribution < -0.4 is 4.74 Å². The van der Waals surface area contributed by atoms with E-state index in [2.05, 4.69) is 157 Å². The molecule has 0 unspecified atom stereocenters. The predicted octanol–water partition coefficient (Wildman–Crippen LogP) is 11.4. The number of rotatable bonds is 3. The fraction of sp³-hybridized carbons (Fsp3) is 0.0244. The van der Waals surface area contributed by atoms with Gasteiger partial charge in [-0.2, -0.15) is 0 Å². The molecular weight excluding hydrogens is 522 g/mol. The summed E-state index contributed by atoms with van der Waals surface area (Å²) in [5, 5.41) is 4.98. The summed E-state index contributed by atoms with van der Waals surface area (Å²) in [6, 6.07) is 52.3. The normalized spacial score (nSPS) is 12.0. The van der Waals surface area contributed by atoms with Crippen LogP contribution in [0.15, 0.2) is 146 Å². The second-order valence-corrected chi connectivity index (χ2v) is 11.4. The Hall–Kier alpha value is -5.60. The summed E-state index contributed by atoms with van der Waals surface area (Å²) in [6.07, 6.45) is 0. The van der Waals surface area contributed by atoms with E-state index in [0.717, 1.165) is 17.1 Å². The molecule has 0 bridgehead atoms. The van der Waals surface area contributed by atoms with Crippen LogP contribution in [0.4, 0.5) is 0 Å². The highest BCUT2D eigenvalue weighted by Gasteiger charge is 2.20. The summed E-state index contributed by atoms with van der Waals surface area (Å²) in [5.41, 5.74) is 12.1. The Morgan fingerprint density at radius 1 is 0.465 bits per heavy atom. The molecule has 0 N–H and O–H groups in total. The molecule has 7 aromatic carbocycles. The molecule has 0 amide bonds. The van der Waals surface area contributed by atoms with E-state index in [-0.39, 0.29) is 0 Å². The summed E-state index contributed by atoms with van der Waals surface area (Å²) in [7, 11) is 0. The maximum atomic E-state index is 6.32. The Balaban J connectivity index is 1.12. The van der Waals surface area contributed by atoms with Gasteiger partial charge in [0.2, 0.25) is 0 Å². The van der Waals surface area contributed by atoms with E-state index < -0.39 is 0 Å². The van der Waals surface area contributed by atoms with Crippen LogP contribution in [0.5, 0.6) is 11.5 Å². The number of hydrogen-bond acceptors (Lipinski definition) is 1. The van der Waals surface area contributed by atoms with Gasteiger partial charge in [-0.25, -0.2) is 0 Å². The molecule has 202 valence electrons. The molecule has 8 aromatic rings. The lowest BCUT2D eigenvalue weighted by Crippen LogP contribution is -1.97. The number of benzene rings is 7. The Morgan fingerprint density at radius 3 is 1.98 bits per heavy atom. The highest BCUT2D eigenvalue weighted by molar-refractivity contribution is 6.12. The fourth-order valence-electron chi connectivity index (χ4n) is 6.88. The van der Waals surface area contributed by atoms with Crippen LogP contribution in [0.3, 0.4) is 0 Å². The van der Waals surface area contributed by atoms with Crippen molar-refractivity contribution in [1.82, 2.24) is 4.57 Å². The minimum atomic E-state index is 0.907. The Bertz CT molecular complexity index is 2360. The predicted molar refractivity (Wildman–Crippen MR) is 179 cm³/mol. The van der Waals surface area contributed by atoms with Gasteiger partial charge in [0.05, 0.1) is 11.0 Å². The first kappa shape index (κ1) is 24.0. The van der Waals surface area contributed by atoms with Gasteiger partial charge < -0.3 is 9.30 Å². The van der Waals surface area contributed by atoms with Crippen molar-refractivity contribution in [1.29, 1.82) is 0 Å². The number of fused-ring (bicyclic) bond motifs is 5. The molecule has 0 saturated carbocycles. The number of nitrogens with zero attached hydrogens (tertiary/aromatic N) is 1. The highest BCUT2D eigenvalue weighted by atomic mass is 16.5. The van der Waals surface area contributed by atoms with Crippen molar-refractivity contribution < 1.29 is 4.74 Å². The molecule has 0 spiro atoms. The van der Waals surface area contributed by atoms with Gasteiger partial charge in [0.25, 0.3) is 0 Å². The molecule has 0 aliphatic carbocycles. The maximum absolute atomic E-state index is 6.32. The van der Waals surface area contributed by atoms with E-state index in [9.17, 15) is 0 Å². The summed E-state index contributed by atoms with van der Waals surface area (Å²) in [6.45, 7) is 2.21. The summed E-state index contributed by atoms with van der Waals surface area (Å²) in [5.74, 6) is 1.83. The lowest BCUT2D eigenvalue weighted by Gasteiger charge is -2.22. The molecule has 1 aliphatic heterocycles. The number of hydrogen-bond donors (Lipinski definition) is 0. The molecule has 1 aliphatic rings. The van der Waals surface area contributed by atoms with Crippen molar-refractivity contribution in [3.8, 4) is 50.6 Å². The van der Waals surface area contributed by atoms with Crippen LogP contribution >= 0.6 is 0 Å². The van der Waals surface area contributed by atoms with Gasteiger partial charge in [-0.3, -0.25) is 0 Å². The van der Waals surface area contributed by atoms with E-state index in [1.165, 1.54) is 71.6 Å². The highest BCUT2D eigenvalue weighted by Crippen LogP contribution is 2.47. The van der Waals surface area contributed by atoms with Crippen LogP contribution in [0.25, 0.3) is 71.6 Å². The molecular formula is C41H27NO. The molecule has 0 atom stereocenters. The average molecular weight is 550 g/mol. The first-order valence-corrected chi connectivity index (χ1v) is 14.8. The van der Waals surface area contributed by atoms with Gasteiger partial charge in [-0.15, -0.1) is 0 Å². The molecule has 0 saturated heterocycles. The molecule has 0 radical (unpaired) electrons. The van der Waals surface area contributed by atoms with Crippen molar-refractivity contribution in [2.75, 3.05) is 0 Å². The summed E-state index contributed by atoms with van der Waals surface area (Å²) >= 11 is 0. The monoisotopic (exact) mass is 549 g/mol. The van der Waals surface area contributed by atoms with Crippen LogP contribution in [-0.4, -0.2) is 4.57 Å². The Morgan fingerprint density at radius 2 is 1.16 bits per heavy atom. The third kappa shape index (κ3) is 3.67. The molecule has 43 heavy (non-hydrogen) atoms. The smallest absolute Gasteiger partial charge is 0.135 e. The zero-order valence-electron chi connectivity index (χ0n) is 23.7. The second kappa shape index (κ2) is 9.20. The van der Waals surface area contributed by atoms with Crippen molar-refractivity contribution in [2.24, 2.45) is 0 Å². The van der Waals surface area contributed by atoms with Gasteiger partial charge in [0.15, 0.2) is 0 Å². The van der Waals surface area contributed by atoms with E-state index >= 15 is 0 Å². The van der Waals surface area contributed by atoms with Crippen molar-refractivity contribution in [3.05, 3.63) is 151 Å². The molecule has 2 heteroatoms. The summed E-state index contributed by atoms with van der Waals surface area (Å²) < 4.78 is 8.70. The van der Waals surface area contributed by atoms with E-state index in [0.29, 0.717) is 0 Å². The van der Waals surface area contributed by atoms with Crippen molar-refractivity contribution in [2.45, 2.75) is 6.92 Å². The van der Waals surface area contributed by atoms with E-state index in [1.54, 1.807) is 0 Å². The zero-order chi connectivity index (χ0) is 28.5. The Labute approximate surface area is 250 Å². The van der Waals surface area contributed by atoms with E-state index in [1.807, 2.05) is 0 Å². The first-order chi connectivity index (χ1) is 21.2. The standard InChI is InChI=1S/C41H27NO/c1-26-8-5-14-37-40(26)35-25-30(20-22-36(35)42(37)32-11-3-2-4-12-32)27-16-18-28(19-17-27)31-21-23-38-34(24-31)33-13-6-9-29-10-7-15-39(43-38)41(29)33/h2-25H,1H3. The Kier molecular flexibility index (Phi) is 5.15.